The van der Waals surface area contributed by atoms with Gasteiger partial charge in [-0.3, -0.25) is 0 Å². The highest BCUT2D eigenvalue weighted by atomic mass is 32.2. The lowest BCUT2D eigenvalue weighted by Gasteiger charge is -2.10. The molecule has 0 amide bonds. The number of nitriles is 1. The fraction of sp³-hybridized carbons (Fsp3) is 0.308. The molecule has 0 fully saturated rings. The minimum absolute atomic E-state index is 0.0144. The van der Waals surface area contributed by atoms with Crippen LogP contribution in [0.3, 0.4) is 0 Å². The molecule has 1 atom stereocenters. The van der Waals surface area contributed by atoms with E-state index in [1.165, 1.54) is 5.41 Å². The Kier molecular flexibility index (Phi) is 4.20. The molecule has 6 heteroatoms. The highest BCUT2D eigenvalue weighted by Crippen LogP contribution is 2.14. The number of rotatable bonds is 5. The van der Waals surface area contributed by atoms with Crippen LogP contribution < -0.4 is 10.1 Å². The maximum atomic E-state index is 11.2. The first-order valence-corrected chi connectivity index (χ1v) is 7.54. The van der Waals surface area contributed by atoms with Crippen LogP contribution in [-0.2, 0) is 16.4 Å². The van der Waals surface area contributed by atoms with Crippen LogP contribution in [0.2, 0.25) is 0 Å². The maximum absolute atomic E-state index is 11.2. The number of nitrogens with zero attached hydrogens (tertiary/aromatic N) is 1. The van der Waals surface area contributed by atoms with Gasteiger partial charge >= 0.3 is 0 Å². The summed E-state index contributed by atoms with van der Waals surface area (Å²) in [6.07, 6.45) is 1.66. The lowest BCUT2D eigenvalue weighted by Crippen LogP contribution is -2.29. The first-order valence-electron chi connectivity index (χ1n) is 5.82. The summed E-state index contributed by atoms with van der Waals surface area (Å²) in [5.74, 6) is 0.743. The van der Waals surface area contributed by atoms with E-state index in [-0.39, 0.29) is 18.4 Å². The van der Waals surface area contributed by atoms with Gasteiger partial charge in [-0.2, -0.15) is 5.26 Å². The third-order valence-corrected chi connectivity index (χ3v) is 4.10. The van der Waals surface area contributed by atoms with Crippen LogP contribution in [0, 0.1) is 11.3 Å². The second-order valence-electron chi connectivity index (χ2n) is 4.24. The molecule has 5 nitrogen and oxygen atoms in total. The van der Waals surface area contributed by atoms with Crippen LogP contribution in [0.25, 0.3) is 0 Å². The van der Waals surface area contributed by atoms with E-state index in [9.17, 15) is 8.42 Å². The molecule has 1 heterocycles. The number of benzene rings is 1. The molecule has 0 bridgehead atoms. The van der Waals surface area contributed by atoms with Gasteiger partial charge in [0.25, 0.3) is 0 Å². The van der Waals surface area contributed by atoms with Crippen LogP contribution in [0.15, 0.2) is 35.7 Å². The van der Waals surface area contributed by atoms with Crippen LogP contribution in [-0.4, -0.2) is 26.8 Å². The van der Waals surface area contributed by atoms with Gasteiger partial charge in [0.1, 0.15) is 11.8 Å². The van der Waals surface area contributed by atoms with Gasteiger partial charge in [0.2, 0.25) is 0 Å². The highest BCUT2D eigenvalue weighted by Gasteiger charge is 2.20. The largest absolute Gasteiger partial charge is 0.479 e. The van der Waals surface area contributed by atoms with Gasteiger partial charge in [-0.05, 0) is 17.7 Å². The second-order valence-corrected chi connectivity index (χ2v) is 6.17. The lowest BCUT2D eigenvalue weighted by atomic mass is 10.2. The molecule has 0 aromatic heterocycles. The lowest BCUT2D eigenvalue weighted by molar-refractivity contribution is 0.367. The molecule has 0 saturated carbocycles. The van der Waals surface area contributed by atoms with E-state index in [0.29, 0.717) is 12.3 Å². The SMILES string of the molecule is N#CCOc1cccc(CNC2C=CS(=O)(=O)C2)c1. The molecular weight excluding hydrogens is 264 g/mol. The van der Waals surface area contributed by atoms with Crippen molar-refractivity contribution in [3.63, 3.8) is 0 Å². The quantitative estimate of drug-likeness (QED) is 0.869. The summed E-state index contributed by atoms with van der Waals surface area (Å²) < 4.78 is 27.7. The third-order valence-electron chi connectivity index (χ3n) is 2.70. The number of sulfone groups is 1. The van der Waals surface area contributed by atoms with Crippen molar-refractivity contribution in [1.29, 1.82) is 5.26 Å². The first-order chi connectivity index (χ1) is 9.09. The van der Waals surface area contributed by atoms with Gasteiger partial charge in [0, 0.05) is 18.0 Å². The zero-order valence-electron chi connectivity index (χ0n) is 10.2. The van der Waals surface area contributed by atoms with Gasteiger partial charge in [0.05, 0.1) is 5.75 Å². The standard InChI is InChI=1S/C13H14N2O3S/c14-5-6-18-13-3-1-2-11(8-13)9-15-12-4-7-19(16,17)10-12/h1-4,7-8,12,15H,6,9-10H2. The van der Waals surface area contributed by atoms with Crippen molar-refractivity contribution in [3.05, 3.63) is 41.3 Å². The molecule has 100 valence electrons. The minimum Gasteiger partial charge on any atom is -0.479 e. The zero-order chi connectivity index (χ0) is 13.7. The van der Waals surface area contributed by atoms with Crippen molar-refractivity contribution in [2.45, 2.75) is 12.6 Å². The molecule has 0 saturated heterocycles. The van der Waals surface area contributed by atoms with E-state index < -0.39 is 9.84 Å². The Balaban J connectivity index is 1.90. The molecule has 1 unspecified atom stereocenters. The summed E-state index contributed by atoms with van der Waals surface area (Å²) in [5, 5.41) is 12.8. The minimum atomic E-state index is -3.02. The van der Waals surface area contributed by atoms with Gasteiger partial charge in [-0.15, -0.1) is 0 Å². The van der Waals surface area contributed by atoms with Crippen LogP contribution in [0.4, 0.5) is 0 Å². The summed E-state index contributed by atoms with van der Waals surface area (Å²) in [7, 11) is -3.02. The summed E-state index contributed by atoms with van der Waals surface area (Å²) in [6.45, 7) is 0.564. The monoisotopic (exact) mass is 278 g/mol. The second kappa shape index (κ2) is 5.87. The van der Waals surface area contributed by atoms with Crippen molar-refractivity contribution < 1.29 is 13.2 Å². The summed E-state index contributed by atoms with van der Waals surface area (Å²) >= 11 is 0. The molecule has 0 aliphatic carbocycles. The van der Waals surface area contributed by atoms with Crippen LogP contribution in [0.5, 0.6) is 5.75 Å². The number of nitrogens with one attached hydrogen (secondary N) is 1. The van der Waals surface area contributed by atoms with E-state index in [2.05, 4.69) is 5.32 Å². The van der Waals surface area contributed by atoms with E-state index >= 15 is 0 Å². The average Bonchev–Trinajstić information content (AvgIpc) is 2.74. The molecule has 0 radical (unpaired) electrons. The molecule has 0 spiro atoms. The highest BCUT2D eigenvalue weighted by molar-refractivity contribution is 7.94. The number of hydrogen-bond donors (Lipinski definition) is 1. The Hall–Kier alpha value is -1.84. The average molecular weight is 278 g/mol. The topological polar surface area (TPSA) is 79.2 Å². The van der Waals surface area contributed by atoms with Crippen LogP contribution in [0.1, 0.15) is 5.56 Å². The fourth-order valence-electron chi connectivity index (χ4n) is 1.81. The summed E-state index contributed by atoms with van der Waals surface area (Å²) in [6, 6.07) is 9.13. The fourth-order valence-corrected chi connectivity index (χ4v) is 3.08. The molecular formula is C13H14N2O3S. The molecule has 19 heavy (non-hydrogen) atoms. The van der Waals surface area contributed by atoms with Crippen molar-refractivity contribution >= 4 is 9.84 Å². The number of hydrogen-bond acceptors (Lipinski definition) is 5. The molecule has 2 rings (SSSR count). The maximum Gasteiger partial charge on any atom is 0.174 e. The van der Waals surface area contributed by atoms with E-state index in [1.54, 1.807) is 12.1 Å². The van der Waals surface area contributed by atoms with Gasteiger partial charge in [-0.25, -0.2) is 8.42 Å². The van der Waals surface area contributed by atoms with Crippen molar-refractivity contribution in [2.75, 3.05) is 12.4 Å². The van der Waals surface area contributed by atoms with E-state index in [1.807, 2.05) is 24.3 Å². The first kappa shape index (κ1) is 13.6. The summed E-state index contributed by atoms with van der Waals surface area (Å²) in [4.78, 5) is 0. The third kappa shape index (κ3) is 4.09. The van der Waals surface area contributed by atoms with Crippen molar-refractivity contribution in [2.24, 2.45) is 0 Å². The Morgan fingerprint density at radius 3 is 3.00 bits per heavy atom. The molecule has 1 aromatic carbocycles. The Morgan fingerprint density at radius 2 is 2.32 bits per heavy atom. The predicted octanol–water partition coefficient (Wildman–Crippen LogP) is 0.989. The number of ether oxygens (including phenoxy) is 1. The zero-order valence-corrected chi connectivity index (χ0v) is 11.1. The van der Waals surface area contributed by atoms with E-state index in [0.717, 1.165) is 5.56 Å². The van der Waals surface area contributed by atoms with E-state index in [4.69, 9.17) is 10.00 Å². The summed E-state index contributed by atoms with van der Waals surface area (Å²) in [5.41, 5.74) is 0.980. The molecule has 1 aliphatic heterocycles. The van der Waals surface area contributed by atoms with Gasteiger partial charge in [0.15, 0.2) is 16.4 Å². The van der Waals surface area contributed by atoms with Gasteiger partial charge in [-0.1, -0.05) is 18.2 Å². The van der Waals surface area contributed by atoms with Crippen LogP contribution >= 0.6 is 0 Å². The van der Waals surface area contributed by atoms with Crippen molar-refractivity contribution in [3.8, 4) is 11.8 Å². The Morgan fingerprint density at radius 1 is 1.47 bits per heavy atom. The van der Waals surface area contributed by atoms with Gasteiger partial charge < -0.3 is 10.1 Å². The normalized spacial score (nSPS) is 20.1. The smallest absolute Gasteiger partial charge is 0.174 e. The van der Waals surface area contributed by atoms with Crippen molar-refractivity contribution in [1.82, 2.24) is 5.32 Å². The molecule has 1 N–H and O–H groups in total. The molecule has 1 aliphatic rings. The Labute approximate surface area is 112 Å². The predicted molar refractivity (Wildman–Crippen MR) is 71.1 cm³/mol. The Bertz CT molecular complexity index is 617. The molecule has 1 aromatic rings.